The van der Waals surface area contributed by atoms with Crippen molar-refractivity contribution in [1.29, 1.82) is 0 Å². The van der Waals surface area contributed by atoms with Gasteiger partial charge < -0.3 is 10.6 Å². The van der Waals surface area contributed by atoms with Crippen LogP contribution in [0, 0.1) is 0 Å². The number of hydrogen-bond acceptors (Lipinski definition) is 3. The predicted octanol–water partition coefficient (Wildman–Crippen LogP) is 2.08. The molecule has 17 heavy (non-hydrogen) atoms. The van der Waals surface area contributed by atoms with E-state index in [0.717, 1.165) is 32.8 Å². The van der Waals surface area contributed by atoms with Crippen LogP contribution in [0.1, 0.15) is 25.3 Å². The molecule has 0 bridgehead atoms. The Labute approximate surface area is 104 Å². The minimum absolute atomic E-state index is 0.609. The lowest BCUT2D eigenvalue weighted by Crippen LogP contribution is -2.45. The molecule has 0 unspecified atom stereocenters. The molecule has 0 spiro atoms. The maximum Gasteiger partial charge on any atom is 0.0679 e. The molecule has 1 heterocycles. The van der Waals surface area contributed by atoms with Gasteiger partial charge in [0.25, 0.3) is 0 Å². The molecule has 94 valence electrons. The maximum atomic E-state index is 3.48. The summed E-state index contributed by atoms with van der Waals surface area (Å²) in [5.41, 5.74) is 2.62. The highest BCUT2D eigenvalue weighted by Gasteiger charge is 2.08. The fourth-order valence-electron chi connectivity index (χ4n) is 2.06. The van der Waals surface area contributed by atoms with E-state index in [2.05, 4.69) is 53.6 Å². The molecule has 1 fully saturated rings. The first-order valence-corrected chi connectivity index (χ1v) is 6.52. The van der Waals surface area contributed by atoms with Crippen LogP contribution in [0.5, 0.6) is 0 Å². The van der Waals surface area contributed by atoms with Gasteiger partial charge in [-0.1, -0.05) is 26.0 Å². The van der Waals surface area contributed by atoms with Crippen molar-refractivity contribution in [1.82, 2.24) is 10.2 Å². The quantitative estimate of drug-likeness (QED) is 0.834. The second-order valence-electron chi connectivity index (χ2n) is 4.98. The van der Waals surface area contributed by atoms with Crippen molar-refractivity contribution in [3.05, 3.63) is 29.8 Å². The van der Waals surface area contributed by atoms with Crippen LogP contribution in [0.3, 0.4) is 0 Å². The largest absolute Gasteiger partial charge is 0.372 e. The van der Waals surface area contributed by atoms with Crippen molar-refractivity contribution in [2.24, 2.45) is 0 Å². The third kappa shape index (κ3) is 3.72. The third-order valence-corrected chi connectivity index (χ3v) is 3.29. The third-order valence-electron chi connectivity index (χ3n) is 3.29. The maximum absolute atomic E-state index is 3.48. The Morgan fingerprint density at radius 1 is 1.18 bits per heavy atom. The summed E-state index contributed by atoms with van der Waals surface area (Å²) >= 11 is 0. The molecular formula is C14H23N3. The zero-order valence-corrected chi connectivity index (χ0v) is 10.9. The molecule has 3 nitrogen and oxygen atoms in total. The van der Waals surface area contributed by atoms with Gasteiger partial charge in [-0.05, 0) is 23.6 Å². The van der Waals surface area contributed by atoms with E-state index in [1.807, 2.05) is 0 Å². The van der Waals surface area contributed by atoms with Crippen LogP contribution in [0.25, 0.3) is 0 Å². The SMILES string of the molecule is CC(C)c1ccc(NCN2CCNCC2)cc1. The molecule has 2 rings (SSSR count). The number of benzene rings is 1. The first-order valence-electron chi connectivity index (χ1n) is 6.52. The van der Waals surface area contributed by atoms with E-state index in [4.69, 9.17) is 0 Å². The van der Waals surface area contributed by atoms with Gasteiger partial charge >= 0.3 is 0 Å². The summed E-state index contributed by atoms with van der Waals surface area (Å²) in [6.07, 6.45) is 0. The first kappa shape index (κ1) is 12.4. The van der Waals surface area contributed by atoms with E-state index in [0.29, 0.717) is 5.92 Å². The molecule has 1 aliphatic heterocycles. The van der Waals surface area contributed by atoms with Crippen LogP contribution >= 0.6 is 0 Å². The lowest BCUT2D eigenvalue weighted by atomic mass is 10.0. The predicted molar refractivity (Wildman–Crippen MR) is 73.5 cm³/mol. The molecule has 3 heteroatoms. The Morgan fingerprint density at radius 2 is 1.82 bits per heavy atom. The van der Waals surface area contributed by atoms with Gasteiger partial charge in [0, 0.05) is 31.9 Å². The van der Waals surface area contributed by atoms with Gasteiger partial charge in [-0.15, -0.1) is 0 Å². The standard InChI is InChI=1S/C14H23N3/c1-12(2)13-3-5-14(6-4-13)16-11-17-9-7-15-8-10-17/h3-6,12,15-16H,7-11H2,1-2H3. The highest BCUT2D eigenvalue weighted by Crippen LogP contribution is 2.17. The minimum atomic E-state index is 0.609. The molecule has 0 saturated carbocycles. The summed E-state index contributed by atoms with van der Waals surface area (Å²) in [5.74, 6) is 0.609. The second kappa shape index (κ2) is 6.03. The van der Waals surface area contributed by atoms with Gasteiger partial charge in [0.2, 0.25) is 0 Å². The van der Waals surface area contributed by atoms with Gasteiger partial charge in [-0.3, -0.25) is 4.90 Å². The van der Waals surface area contributed by atoms with Crippen molar-refractivity contribution in [3.8, 4) is 0 Å². The zero-order chi connectivity index (χ0) is 12.1. The van der Waals surface area contributed by atoms with Crippen LogP contribution in [0.2, 0.25) is 0 Å². The molecule has 0 amide bonds. The van der Waals surface area contributed by atoms with Crippen LogP contribution in [0.4, 0.5) is 5.69 Å². The lowest BCUT2D eigenvalue weighted by molar-refractivity contribution is 0.256. The average Bonchev–Trinajstić information content (AvgIpc) is 2.38. The van der Waals surface area contributed by atoms with E-state index in [1.165, 1.54) is 11.3 Å². The van der Waals surface area contributed by atoms with Crippen LogP contribution in [-0.4, -0.2) is 37.7 Å². The lowest BCUT2D eigenvalue weighted by Gasteiger charge is -2.27. The number of anilines is 1. The Kier molecular flexibility index (Phi) is 4.40. The summed E-state index contributed by atoms with van der Waals surface area (Å²) in [5, 5.41) is 6.84. The topological polar surface area (TPSA) is 27.3 Å². The Morgan fingerprint density at radius 3 is 2.41 bits per heavy atom. The van der Waals surface area contributed by atoms with E-state index >= 15 is 0 Å². The molecule has 0 aromatic heterocycles. The van der Waals surface area contributed by atoms with Crippen LogP contribution < -0.4 is 10.6 Å². The zero-order valence-electron chi connectivity index (χ0n) is 10.9. The minimum Gasteiger partial charge on any atom is -0.372 e. The monoisotopic (exact) mass is 233 g/mol. The normalized spacial score (nSPS) is 17.4. The highest BCUT2D eigenvalue weighted by molar-refractivity contribution is 5.44. The second-order valence-corrected chi connectivity index (χ2v) is 4.98. The summed E-state index contributed by atoms with van der Waals surface area (Å²) in [6, 6.07) is 8.78. The summed E-state index contributed by atoms with van der Waals surface area (Å²) in [7, 11) is 0. The van der Waals surface area contributed by atoms with Crippen LogP contribution in [0.15, 0.2) is 24.3 Å². The number of piperazine rings is 1. The Balaban J connectivity index is 1.82. The van der Waals surface area contributed by atoms with Gasteiger partial charge in [0.05, 0.1) is 6.67 Å². The van der Waals surface area contributed by atoms with Gasteiger partial charge in [0.1, 0.15) is 0 Å². The van der Waals surface area contributed by atoms with Crippen molar-refractivity contribution in [2.75, 3.05) is 38.2 Å². The van der Waals surface area contributed by atoms with Gasteiger partial charge in [-0.2, -0.15) is 0 Å². The summed E-state index contributed by atoms with van der Waals surface area (Å²) in [4.78, 5) is 2.44. The summed E-state index contributed by atoms with van der Waals surface area (Å²) < 4.78 is 0. The first-order chi connectivity index (χ1) is 8.25. The Bertz CT molecular complexity index is 326. The number of hydrogen-bond donors (Lipinski definition) is 2. The van der Waals surface area contributed by atoms with E-state index in [1.54, 1.807) is 0 Å². The Hall–Kier alpha value is -1.06. The number of nitrogens with zero attached hydrogens (tertiary/aromatic N) is 1. The van der Waals surface area contributed by atoms with E-state index < -0.39 is 0 Å². The van der Waals surface area contributed by atoms with Gasteiger partial charge in [0.15, 0.2) is 0 Å². The molecule has 1 aromatic carbocycles. The van der Waals surface area contributed by atoms with Crippen molar-refractivity contribution >= 4 is 5.69 Å². The molecule has 0 aliphatic carbocycles. The van der Waals surface area contributed by atoms with E-state index in [9.17, 15) is 0 Å². The van der Waals surface area contributed by atoms with Crippen LogP contribution in [-0.2, 0) is 0 Å². The number of rotatable bonds is 4. The van der Waals surface area contributed by atoms with Crippen molar-refractivity contribution in [3.63, 3.8) is 0 Å². The molecule has 0 atom stereocenters. The van der Waals surface area contributed by atoms with Gasteiger partial charge in [-0.25, -0.2) is 0 Å². The molecule has 1 saturated heterocycles. The molecule has 2 N–H and O–H groups in total. The van der Waals surface area contributed by atoms with E-state index in [-0.39, 0.29) is 0 Å². The highest BCUT2D eigenvalue weighted by atomic mass is 15.3. The van der Waals surface area contributed by atoms with Crippen molar-refractivity contribution < 1.29 is 0 Å². The molecule has 1 aliphatic rings. The fraction of sp³-hybridized carbons (Fsp3) is 0.571. The number of nitrogens with one attached hydrogen (secondary N) is 2. The average molecular weight is 233 g/mol. The van der Waals surface area contributed by atoms with Crippen molar-refractivity contribution in [2.45, 2.75) is 19.8 Å². The molecular weight excluding hydrogens is 210 g/mol. The molecule has 1 aromatic rings. The smallest absolute Gasteiger partial charge is 0.0679 e. The molecule has 0 radical (unpaired) electrons. The summed E-state index contributed by atoms with van der Waals surface area (Å²) in [6.45, 7) is 9.88. The fourth-order valence-corrected chi connectivity index (χ4v) is 2.06.